The number of aliphatic hydroxyl groups is 1. The summed E-state index contributed by atoms with van der Waals surface area (Å²) in [5.41, 5.74) is 3.74. The van der Waals surface area contributed by atoms with Crippen LogP contribution in [0.25, 0.3) is 0 Å². The average Bonchev–Trinajstić information content (AvgIpc) is 2.70. The molecule has 0 aliphatic carbocycles. The van der Waals surface area contributed by atoms with Crippen molar-refractivity contribution < 1.29 is 5.11 Å². The molecule has 0 aliphatic rings. The fourth-order valence-corrected chi connectivity index (χ4v) is 3.27. The Hall–Kier alpha value is -1.19. The van der Waals surface area contributed by atoms with Gasteiger partial charge in [0.2, 0.25) is 0 Å². The predicted molar refractivity (Wildman–Crippen MR) is 80.8 cm³/mol. The van der Waals surface area contributed by atoms with Gasteiger partial charge in [-0.15, -0.1) is 11.3 Å². The molecule has 1 aromatic heterocycles. The first-order chi connectivity index (χ1) is 9.10. The highest BCUT2D eigenvalue weighted by Gasteiger charge is 2.14. The van der Waals surface area contributed by atoms with Crippen LogP contribution in [0.1, 0.15) is 26.7 Å². The van der Waals surface area contributed by atoms with Gasteiger partial charge in [0.15, 0.2) is 0 Å². The topological polar surface area (TPSA) is 33.1 Å². The van der Waals surface area contributed by atoms with Crippen LogP contribution in [-0.4, -0.2) is 16.7 Å². The average molecular weight is 275 g/mol. The Morgan fingerprint density at radius 1 is 1.16 bits per heavy atom. The van der Waals surface area contributed by atoms with Crippen LogP contribution in [0.15, 0.2) is 24.3 Å². The zero-order valence-corrected chi connectivity index (χ0v) is 12.6. The monoisotopic (exact) mass is 275 g/mol. The number of thiazole rings is 1. The number of aromatic nitrogens is 1. The third-order valence-electron chi connectivity index (χ3n) is 3.56. The van der Waals surface area contributed by atoms with Gasteiger partial charge in [-0.1, -0.05) is 24.3 Å². The molecule has 1 N–H and O–H groups in total. The maximum absolute atomic E-state index is 9.59. The largest absolute Gasteiger partial charge is 0.396 e. The number of benzene rings is 1. The molecule has 0 spiro atoms. The van der Waals surface area contributed by atoms with E-state index in [1.807, 2.05) is 6.92 Å². The van der Waals surface area contributed by atoms with E-state index in [9.17, 15) is 5.11 Å². The van der Waals surface area contributed by atoms with Crippen molar-refractivity contribution in [2.24, 2.45) is 5.92 Å². The Balaban J connectivity index is 2.07. The van der Waals surface area contributed by atoms with Crippen LogP contribution in [0.2, 0.25) is 0 Å². The summed E-state index contributed by atoms with van der Waals surface area (Å²) < 4.78 is 0. The predicted octanol–water partition coefficient (Wildman–Crippen LogP) is 3.46. The highest BCUT2D eigenvalue weighted by atomic mass is 32.1. The summed E-state index contributed by atoms with van der Waals surface area (Å²) in [7, 11) is 0. The first-order valence-electron chi connectivity index (χ1n) is 6.68. The Bertz CT molecular complexity index is 528. The van der Waals surface area contributed by atoms with E-state index in [0.29, 0.717) is 0 Å². The van der Waals surface area contributed by atoms with Crippen molar-refractivity contribution in [3.05, 3.63) is 51.0 Å². The molecule has 1 heterocycles. The summed E-state index contributed by atoms with van der Waals surface area (Å²) in [5.74, 6) is 0.256. The molecule has 0 saturated carbocycles. The highest BCUT2D eigenvalue weighted by Crippen LogP contribution is 2.22. The quantitative estimate of drug-likeness (QED) is 0.906. The van der Waals surface area contributed by atoms with Crippen molar-refractivity contribution in [2.75, 3.05) is 6.61 Å². The van der Waals surface area contributed by atoms with Crippen LogP contribution in [0.4, 0.5) is 0 Å². The van der Waals surface area contributed by atoms with Crippen LogP contribution in [-0.2, 0) is 12.8 Å². The van der Waals surface area contributed by atoms with Crippen molar-refractivity contribution >= 4 is 11.3 Å². The van der Waals surface area contributed by atoms with Gasteiger partial charge in [-0.25, -0.2) is 4.98 Å². The van der Waals surface area contributed by atoms with E-state index < -0.39 is 0 Å². The first-order valence-corrected chi connectivity index (χ1v) is 7.50. The fraction of sp³-hybridized carbons (Fsp3) is 0.438. The van der Waals surface area contributed by atoms with Gasteiger partial charge >= 0.3 is 0 Å². The molecule has 0 amide bonds. The molecule has 1 unspecified atom stereocenters. The summed E-state index contributed by atoms with van der Waals surface area (Å²) in [6.07, 6.45) is 1.78. The summed E-state index contributed by atoms with van der Waals surface area (Å²) in [5, 5.41) is 10.7. The van der Waals surface area contributed by atoms with Gasteiger partial charge in [-0.3, -0.25) is 0 Å². The van der Waals surface area contributed by atoms with Crippen LogP contribution in [0.3, 0.4) is 0 Å². The summed E-state index contributed by atoms with van der Waals surface area (Å²) in [6, 6.07) is 8.40. The molecule has 0 saturated heterocycles. The van der Waals surface area contributed by atoms with E-state index in [1.165, 1.54) is 16.0 Å². The summed E-state index contributed by atoms with van der Waals surface area (Å²) in [4.78, 5) is 5.85. The maximum atomic E-state index is 9.59. The number of rotatable bonds is 5. The molecule has 0 aliphatic heterocycles. The number of hydrogen-bond donors (Lipinski definition) is 1. The molecule has 1 atom stereocenters. The van der Waals surface area contributed by atoms with Gasteiger partial charge in [0, 0.05) is 17.9 Å². The van der Waals surface area contributed by atoms with E-state index in [-0.39, 0.29) is 12.5 Å². The lowest BCUT2D eigenvalue weighted by molar-refractivity contribution is 0.224. The normalized spacial score (nSPS) is 12.6. The van der Waals surface area contributed by atoms with Crippen molar-refractivity contribution in [1.29, 1.82) is 0 Å². The van der Waals surface area contributed by atoms with Crippen LogP contribution in [0.5, 0.6) is 0 Å². The maximum Gasteiger partial charge on any atom is 0.0934 e. The second-order valence-electron chi connectivity index (χ2n) is 5.13. The highest BCUT2D eigenvalue weighted by molar-refractivity contribution is 7.11. The van der Waals surface area contributed by atoms with Crippen LogP contribution in [0, 0.1) is 26.7 Å². The lowest BCUT2D eigenvalue weighted by atomic mass is 9.94. The van der Waals surface area contributed by atoms with E-state index in [2.05, 4.69) is 43.1 Å². The SMILES string of the molecule is Cc1ccccc1CC(CO)Cc1nc(C)c(C)s1. The minimum absolute atomic E-state index is 0.214. The molecule has 2 nitrogen and oxygen atoms in total. The third-order valence-corrected chi connectivity index (χ3v) is 4.66. The van der Waals surface area contributed by atoms with E-state index in [1.54, 1.807) is 11.3 Å². The van der Waals surface area contributed by atoms with Gasteiger partial charge in [0.1, 0.15) is 0 Å². The van der Waals surface area contributed by atoms with Crippen molar-refractivity contribution in [3.8, 4) is 0 Å². The zero-order valence-electron chi connectivity index (χ0n) is 11.8. The molecule has 19 heavy (non-hydrogen) atoms. The molecular weight excluding hydrogens is 254 g/mol. The summed E-state index contributed by atoms with van der Waals surface area (Å²) in [6.45, 7) is 6.49. The molecule has 0 fully saturated rings. The van der Waals surface area contributed by atoms with Crippen molar-refractivity contribution in [3.63, 3.8) is 0 Å². The number of nitrogens with zero attached hydrogens (tertiary/aromatic N) is 1. The van der Waals surface area contributed by atoms with E-state index >= 15 is 0 Å². The Kier molecular flexibility index (Phi) is 4.72. The Labute approximate surface area is 119 Å². The Morgan fingerprint density at radius 2 is 1.89 bits per heavy atom. The fourth-order valence-electron chi connectivity index (χ4n) is 2.22. The zero-order chi connectivity index (χ0) is 13.8. The van der Waals surface area contributed by atoms with E-state index in [4.69, 9.17) is 0 Å². The lowest BCUT2D eigenvalue weighted by Crippen LogP contribution is -2.13. The second-order valence-corrected chi connectivity index (χ2v) is 6.42. The Morgan fingerprint density at radius 3 is 2.47 bits per heavy atom. The molecule has 1 aromatic carbocycles. The molecule has 0 bridgehead atoms. The van der Waals surface area contributed by atoms with Gasteiger partial charge in [0.05, 0.1) is 10.7 Å². The number of hydrogen-bond acceptors (Lipinski definition) is 3. The minimum atomic E-state index is 0.214. The first kappa shape index (κ1) is 14.2. The standard InChI is InChI=1S/C16H21NOS/c1-11-6-4-5-7-15(11)8-14(10-18)9-16-17-12(2)13(3)19-16/h4-7,14,18H,8-10H2,1-3H3. The molecular formula is C16H21NOS. The van der Waals surface area contributed by atoms with Crippen molar-refractivity contribution in [1.82, 2.24) is 4.98 Å². The number of aliphatic hydroxyl groups excluding tert-OH is 1. The van der Waals surface area contributed by atoms with E-state index in [0.717, 1.165) is 23.5 Å². The van der Waals surface area contributed by atoms with Gasteiger partial charge in [-0.05, 0) is 44.2 Å². The lowest BCUT2D eigenvalue weighted by Gasteiger charge is -2.14. The number of aryl methyl sites for hydroxylation is 3. The smallest absolute Gasteiger partial charge is 0.0934 e. The molecule has 0 radical (unpaired) electrons. The van der Waals surface area contributed by atoms with Crippen LogP contribution < -0.4 is 0 Å². The third kappa shape index (κ3) is 3.64. The van der Waals surface area contributed by atoms with Gasteiger partial charge in [0.25, 0.3) is 0 Å². The molecule has 2 aromatic rings. The molecule has 3 heteroatoms. The van der Waals surface area contributed by atoms with Crippen LogP contribution >= 0.6 is 11.3 Å². The van der Waals surface area contributed by atoms with Gasteiger partial charge < -0.3 is 5.11 Å². The molecule has 2 rings (SSSR count). The van der Waals surface area contributed by atoms with Gasteiger partial charge in [-0.2, -0.15) is 0 Å². The molecule has 102 valence electrons. The summed E-state index contributed by atoms with van der Waals surface area (Å²) >= 11 is 1.75. The second kappa shape index (κ2) is 6.31. The van der Waals surface area contributed by atoms with Crippen molar-refractivity contribution in [2.45, 2.75) is 33.6 Å². The minimum Gasteiger partial charge on any atom is -0.396 e.